The number of rotatable bonds is 9. The molecule has 7 heteroatoms. The van der Waals surface area contributed by atoms with Crippen LogP contribution in [0.3, 0.4) is 0 Å². The Bertz CT molecular complexity index is 663. The Labute approximate surface area is 191 Å². The lowest BCUT2D eigenvalue weighted by Gasteiger charge is -2.34. The van der Waals surface area contributed by atoms with E-state index in [0.29, 0.717) is 6.61 Å². The van der Waals surface area contributed by atoms with Gasteiger partial charge in [-0.25, -0.2) is 8.78 Å². The fraction of sp³-hybridized carbons (Fsp3) is 0.478. The van der Waals surface area contributed by atoms with Crippen molar-refractivity contribution >= 4 is 24.8 Å². The Hall–Kier alpha value is -1.24. The second-order valence-electron chi connectivity index (χ2n) is 7.39. The molecular weight excluding hydrogens is 429 g/mol. The number of hydrogen-bond acceptors (Lipinski definition) is 3. The number of benzene rings is 2. The second kappa shape index (κ2) is 13.9. The van der Waals surface area contributed by atoms with E-state index in [2.05, 4.69) is 16.7 Å². The third kappa shape index (κ3) is 8.12. The fourth-order valence-electron chi connectivity index (χ4n) is 3.58. The van der Waals surface area contributed by atoms with Gasteiger partial charge in [0.05, 0.1) is 6.61 Å². The van der Waals surface area contributed by atoms with Gasteiger partial charge in [0.1, 0.15) is 17.7 Å². The average Bonchev–Trinajstić information content (AvgIpc) is 2.72. The SMILES string of the molecule is CCCCN1CCN(CCOC(c2ccc(F)cc2)c2ccc(F)cc2)CC1.Cl.Cl. The van der Waals surface area contributed by atoms with E-state index in [1.807, 2.05) is 0 Å². The van der Waals surface area contributed by atoms with Gasteiger partial charge in [-0.15, -0.1) is 24.8 Å². The van der Waals surface area contributed by atoms with Gasteiger partial charge < -0.3 is 9.64 Å². The Morgan fingerprint density at radius 2 is 1.20 bits per heavy atom. The molecule has 1 fully saturated rings. The van der Waals surface area contributed by atoms with Crippen LogP contribution in [0.1, 0.15) is 37.0 Å². The number of hydrogen-bond donors (Lipinski definition) is 0. The highest BCUT2D eigenvalue weighted by Crippen LogP contribution is 2.26. The number of unbranched alkanes of at least 4 members (excludes halogenated alkanes) is 1. The van der Waals surface area contributed by atoms with Crippen LogP contribution in [0.25, 0.3) is 0 Å². The zero-order chi connectivity index (χ0) is 19.8. The monoisotopic (exact) mass is 460 g/mol. The van der Waals surface area contributed by atoms with Crippen molar-refractivity contribution < 1.29 is 13.5 Å². The summed E-state index contributed by atoms with van der Waals surface area (Å²) in [5.41, 5.74) is 1.75. The van der Waals surface area contributed by atoms with Crippen LogP contribution >= 0.6 is 24.8 Å². The van der Waals surface area contributed by atoms with Gasteiger partial charge >= 0.3 is 0 Å². The van der Waals surface area contributed by atoms with Crippen LogP contribution in [-0.2, 0) is 4.74 Å². The zero-order valence-electron chi connectivity index (χ0n) is 17.4. The Morgan fingerprint density at radius 1 is 0.767 bits per heavy atom. The van der Waals surface area contributed by atoms with Crippen LogP contribution in [0.4, 0.5) is 8.78 Å². The lowest BCUT2D eigenvalue weighted by molar-refractivity contribution is 0.0451. The molecule has 168 valence electrons. The van der Waals surface area contributed by atoms with Crippen LogP contribution in [0.5, 0.6) is 0 Å². The van der Waals surface area contributed by atoms with Crippen LogP contribution in [0, 0.1) is 11.6 Å². The van der Waals surface area contributed by atoms with Gasteiger partial charge in [0.25, 0.3) is 0 Å². The van der Waals surface area contributed by atoms with Gasteiger partial charge in [0, 0.05) is 32.7 Å². The van der Waals surface area contributed by atoms with E-state index in [1.54, 1.807) is 24.3 Å². The van der Waals surface area contributed by atoms with Gasteiger partial charge in [-0.1, -0.05) is 37.6 Å². The standard InChI is InChI=1S/C23H30F2N2O.2ClH/c1-2-3-12-26-13-15-27(16-14-26)17-18-28-23(19-4-8-21(24)9-5-19)20-6-10-22(25)11-7-20;;/h4-11,23H,2-3,12-18H2,1H3;2*1H. The summed E-state index contributed by atoms with van der Waals surface area (Å²) in [6, 6.07) is 12.7. The first-order valence-electron chi connectivity index (χ1n) is 10.2. The van der Waals surface area contributed by atoms with Crippen molar-refractivity contribution in [2.75, 3.05) is 45.9 Å². The van der Waals surface area contributed by atoms with Gasteiger partial charge in [-0.2, -0.15) is 0 Å². The van der Waals surface area contributed by atoms with Crippen molar-refractivity contribution in [3.8, 4) is 0 Å². The van der Waals surface area contributed by atoms with Crippen LogP contribution in [0.15, 0.2) is 48.5 Å². The van der Waals surface area contributed by atoms with Crippen molar-refractivity contribution in [3.63, 3.8) is 0 Å². The predicted molar refractivity (Wildman–Crippen MR) is 123 cm³/mol. The molecule has 3 nitrogen and oxygen atoms in total. The van der Waals surface area contributed by atoms with Crippen molar-refractivity contribution in [3.05, 3.63) is 71.3 Å². The first-order chi connectivity index (χ1) is 13.7. The third-order valence-corrected chi connectivity index (χ3v) is 5.33. The summed E-state index contributed by atoms with van der Waals surface area (Å²) in [5.74, 6) is -0.551. The summed E-state index contributed by atoms with van der Waals surface area (Å²) in [5, 5.41) is 0. The van der Waals surface area contributed by atoms with Crippen LogP contribution in [-0.4, -0.2) is 55.7 Å². The van der Waals surface area contributed by atoms with Crippen LogP contribution < -0.4 is 0 Å². The molecule has 0 radical (unpaired) electrons. The fourth-order valence-corrected chi connectivity index (χ4v) is 3.58. The average molecular weight is 461 g/mol. The van der Waals surface area contributed by atoms with Crippen molar-refractivity contribution in [1.82, 2.24) is 9.80 Å². The normalized spacial score (nSPS) is 14.9. The van der Waals surface area contributed by atoms with Crippen molar-refractivity contribution in [2.45, 2.75) is 25.9 Å². The molecule has 1 heterocycles. The number of nitrogens with zero attached hydrogens (tertiary/aromatic N) is 2. The van der Waals surface area contributed by atoms with Gasteiger partial charge in [0.15, 0.2) is 0 Å². The van der Waals surface area contributed by atoms with E-state index in [-0.39, 0.29) is 42.6 Å². The summed E-state index contributed by atoms with van der Waals surface area (Å²) in [6.45, 7) is 9.20. The molecule has 0 unspecified atom stereocenters. The number of halogens is 4. The van der Waals surface area contributed by atoms with E-state index in [4.69, 9.17) is 4.74 Å². The highest BCUT2D eigenvalue weighted by Gasteiger charge is 2.18. The zero-order valence-corrected chi connectivity index (χ0v) is 19.1. The van der Waals surface area contributed by atoms with E-state index in [1.165, 1.54) is 43.7 Å². The van der Waals surface area contributed by atoms with Gasteiger partial charge in [-0.3, -0.25) is 4.90 Å². The molecule has 1 aliphatic rings. The van der Waals surface area contributed by atoms with E-state index < -0.39 is 0 Å². The molecule has 2 aromatic carbocycles. The van der Waals surface area contributed by atoms with Crippen LogP contribution in [0.2, 0.25) is 0 Å². The smallest absolute Gasteiger partial charge is 0.123 e. The summed E-state index contributed by atoms with van der Waals surface area (Å²) >= 11 is 0. The summed E-state index contributed by atoms with van der Waals surface area (Å²) < 4.78 is 32.8. The summed E-state index contributed by atoms with van der Waals surface area (Å²) in [6.07, 6.45) is 2.18. The molecule has 30 heavy (non-hydrogen) atoms. The molecule has 1 saturated heterocycles. The Balaban J connectivity index is 0.00000225. The molecule has 1 aliphatic heterocycles. The molecular formula is C23H32Cl2F2N2O. The van der Waals surface area contributed by atoms with Gasteiger partial charge in [-0.05, 0) is 48.4 Å². The second-order valence-corrected chi connectivity index (χ2v) is 7.39. The molecule has 0 atom stereocenters. The minimum absolute atomic E-state index is 0. The number of piperazine rings is 1. The predicted octanol–water partition coefficient (Wildman–Crippen LogP) is 5.33. The van der Waals surface area contributed by atoms with E-state index in [9.17, 15) is 8.78 Å². The minimum Gasteiger partial charge on any atom is -0.367 e. The van der Waals surface area contributed by atoms with Crippen molar-refractivity contribution in [1.29, 1.82) is 0 Å². The molecule has 0 spiro atoms. The molecule has 0 aromatic heterocycles. The molecule has 0 saturated carbocycles. The molecule has 3 rings (SSSR count). The highest BCUT2D eigenvalue weighted by atomic mass is 35.5. The Kier molecular flexibility index (Phi) is 12.5. The maximum Gasteiger partial charge on any atom is 0.123 e. The third-order valence-electron chi connectivity index (χ3n) is 5.33. The highest BCUT2D eigenvalue weighted by molar-refractivity contribution is 5.85. The number of ether oxygens (including phenoxy) is 1. The lowest BCUT2D eigenvalue weighted by atomic mass is 10.0. The quantitative estimate of drug-likeness (QED) is 0.502. The largest absolute Gasteiger partial charge is 0.367 e. The molecule has 0 N–H and O–H groups in total. The van der Waals surface area contributed by atoms with E-state index in [0.717, 1.165) is 43.9 Å². The van der Waals surface area contributed by atoms with Crippen molar-refractivity contribution in [2.24, 2.45) is 0 Å². The first kappa shape index (κ1) is 26.8. The summed E-state index contributed by atoms with van der Waals surface area (Å²) in [4.78, 5) is 4.95. The Morgan fingerprint density at radius 3 is 1.63 bits per heavy atom. The molecule has 0 bridgehead atoms. The summed E-state index contributed by atoms with van der Waals surface area (Å²) in [7, 11) is 0. The molecule has 0 aliphatic carbocycles. The topological polar surface area (TPSA) is 15.7 Å². The lowest BCUT2D eigenvalue weighted by Crippen LogP contribution is -2.47. The molecule has 0 amide bonds. The van der Waals surface area contributed by atoms with Gasteiger partial charge in [0.2, 0.25) is 0 Å². The molecule has 2 aromatic rings. The maximum atomic E-state index is 13.3. The first-order valence-corrected chi connectivity index (χ1v) is 10.2. The minimum atomic E-state index is -0.327. The maximum absolute atomic E-state index is 13.3. The van der Waals surface area contributed by atoms with E-state index >= 15 is 0 Å².